The van der Waals surface area contributed by atoms with Gasteiger partial charge in [-0.2, -0.15) is 0 Å². The second-order valence-corrected chi connectivity index (χ2v) is 3.83. The SMILES string of the molecule is C[C@@H](N)COc1ccc2c(c1)CC(=O)N2. The van der Waals surface area contributed by atoms with Crippen LogP contribution < -0.4 is 15.8 Å². The van der Waals surface area contributed by atoms with E-state index in [-0.39, 0.29) is 11.9 Å². The van der Waals surface area contributed by atoms with Crippen molar-refractivity contribution in [3.05, 3.63) is 23.8 Å². The van der Waals surface area contributed by atoms with Crippen LogP contribution in [0.4, 0.5) is 5.69 Å². The van der Waals surface area contributed by atoms with Crippen LogP contribution in [0.2, 0.25) is 0 Å². The van der Waals surface area contributed by atoms with Crippen LogP contribution in [-0.4, -0.2) is 18.6 Å². The van der Waals surface area contributed by atoms with Crippen LogP contribution in [-0.2, 0) is 11.2 Å². The van der Waals surface area contributed by atoms with Crippen molar-refractivity contribution >= 4 is 11.6 Å². The van der Waals surface area contributed by atoms with Crippen LogP contribution in [0, 0.1) is 0 Å². The summed E-state index contributed by atoms with van der Waals surface area (Å²) in [5.41, 5.74) is 7.45. The van der Waals surface area contributed by atoms with Gasteiger partial charge < -0.3 is 15.8 Å². The van der Waals surface area contributed by atoms with Crippen LogP contribution in [0.25, 0.3) is 0 Å². The predicted molar refractivity (Wildman–Crippen MR) is 57.9 cm³/mol. The van der Waals surface area contributed by atoms with Crippen LogP contribution in [0.3, 0.4) is 0 Å². The summed E-state index contributed by atoms with van der Waals surface area (Å²) in [6, 6.07) is 5.59. The number of rotatable bonds is 3. The molecule has 0 spiro atoms. The summed E-state index contributed by atoms with van der Waals surface area (Å²) in [6.45, 7) is 2.37. The largest absolute Gasteiger partial charge is 0.492 e. The van der Waals surface area contributed by atoms with Crippen molar-refractivity contribution in [2.24, 2.45) is 5.73 Å². The molecule has 0 radical (unpaired) electrons. The van der Waals surface area contributed by atoms with Gasteiger partial charge in [-0.05, 0) is 30.7 Å². The summed E-state index contributed by atoms with van der Waals surface area (Å²) in [4.78, 5) is 11.1. The Bertz CT molecular complexity index is 388. The molecule has 15 heavy (non-hydrogen) atoms. The first-order valence-corrected chi connectivity index (χ1v) is 4.96. The fourth-order valence-electron chi connectivity index (χ4n) is 1.52. The first-order chi connectivity index (χ1) is 7.15. The lowest BCUT2D eigenvalue weighted by molar-refractivity contribution is -0.115. The average molecular weight is 206 g/mol. The van der Waals surface area contributed by atoms with Gasteiger partial charge in [-0.15, -0.1) is 0 Å². The monoisotopic (exact) mass is 206 g/mol. The Balaban J connectivity index is 2.09. The van der Waals surface area contributed by atoms with Crippen molar-refractivity contribution in [1.82, 2.24) is 0 Å². The van der Waals surface area contributed by atoms with Crippen molar-refractivity contribution in [3.63, 3.8) is 0 Å². The van der Waals surface area contributed by atoms with Crippen molar-refractivity contribution in [1.29, 1.82) is 0 Å². The molecule has 0 aliphatic carbocycles. The fraction of sp³-hybridized carbons (Fsp3) is 0.364. The number of anilines is 1. The Morgan fingerprint density at radius 3 is 3.13 bits per heavy atom. The molecule has 1 aromatic rings. The third kappa shape index (κ3) is 2.27. The van der Waals surface area contributed by atoms with Crippen LogP contribution in [0.5, 0.6) is 5.75 Å². The lowest BCUT2D eigenvalue weighted by Gasteiger charge is -2.09. The molecule has 0 unspecified atom stereocenters. The number of carbonyl (C=O) groups excluding carboxylic acids is 1. The van der Waals surface area contributed by atoms with Gasteiger partial charge in [0.2, 0.25) is 5.91 Å². The standard InChI is InChI=1S/C11H14N2O2/c1-7(12)6-15-9-2-3-10-8(4-9)5-11(14)13-10/h2-4,7H,5-6,12H2,1H3,(H,13,14)/t7-/m1/s1. The van der Waals surface area contributed by atoms with Gasteiger partial charge in [0.15, 0.2) is 0 Å². The van der Waals surface area contributed by atoms with Crippen molar-refractivity contribution in [2.45, 2.75) is 19.4 Å². The first kappa shape index (κ1) is 9.98. The summed E-state index contributed by atoms with van der Waals surface area (Å²) in [5, 5.41) is 2.77. The quantitative estimate of drug-likeness (QED) is 0.772. The van der Waals surface area contributed by atoms with E-state index in [1.165, 1.54) is 0 Å². The third-order valence-electron chi connectivity index (χ3n) is 2.21. The van der Waals surface area contributed by atoms with E-state index in [1.807, 2.05) is 25.1 Å². The average Bonchev–Trinajstić information content (AvgIpc) is 2.53. The number of ether oxygens (including phenoxy) is 1. The summed E-state index contributed by atoms with van der Waals surface area (Å²) >= 11 is 0. The lowest BCUT2D eigenvalue weighted by Crippen LogP contribution is -2.23. The molecule has 1 aromatic carbocycles. The van der Waals surface area contributed by atoms with E-state index in [4.69, 9.17) is 10.5 Å². The maximum absolute atomic E-state index is 11.1. The van der Waals surface area contributed by atoms with E-state index in [9.17, 15) is 4.79 Å². The minimum absolute atomic E-state index is 0.0120. The molecule has 1 aliphatic rings. The Hall–Kier alpha value is -1.55. The molecular weight excluding hydrogens is 192 g/mol. The molecule has 0 fully saturated rings. The predicted octanol–water partition coefficient (Wildman–Crippen LogP) is 0.907. The van der Waals surface area contributed by atoms with Crippen molar-refractivity contribution < 1.29 is 9.53 Å². The molecule has 1 heterocycles. The zero-order valence-electron chi connectivity index (χ0n) is 8.62. The summed E-state index contributed by atoms with van der Waals surface area (Å²) in [5.74, 6) is 0.803. The molecule has 1 amide bonds. The summed E-state index contributed by atoms with van der Waals surface area (Å²) < 4.78 is 5.46. The number of amides is 1. The second-order valence-electron chi connectivity index (χ2n) is 3.83. The smallest absolute Gasteiger partial charge is 0.228 e. The summed E-state index contributed by atoms with van der Waals surface area (Å²) in [6.07, 6.45) is 0.435. The highest BCUT2D eigenvalue weighted by molar-refractivity contribution is 5.99. The highest BCUT2D eigenvalue weighted by Crippen LogP contribution is 2.27. The highest BCUT2D eigenvalue weighted by atomic mass is 16.5. The molecule has 0 aromatic heterocycles. The highest BCUT2D eigenvalue weighted by Gasteiger charge is 2.17. The Kier molecular flexibility index (Phi) is 2.60. The molecular formula is C11H14N2O2. The maximum Gasteiger partial charge on any atom is 0.228 e. The molecule has 2 rings (SSSR count). The number of carbonyl (C=O) groups is 1. The zero-order chi connectivity index (χ0) is 10.8. The lowest BCUT2D eigenvalue weighted by atomic mass is 10.1. The number of hydrogen-bond acceptors (Lipinski definition) is 3. The van der Waals surface area contributed by atoms with E-state index >= 15 is 0 Å². The molecule has 0 bridgehead atoms. The number of nitrogens with one attached hydrogen (secondary N) is 1. The van der Waals surface area contributed by atoms with Gasteiger partial charge in [0, 0.05) is 11.7 Å². The molecule has 0 saturated carbocycles. The number of benzene rings is 1. The third-order valence-corrected chi connectivity index (χ3v) is 2.21. The van der Waals surface area contributed by atoms with Gasteiger partial charge in [-0.3, -0.25) is 4.79 Å². The van der Waals surface area contributed by atoms with Gasteiger partial charge in [0.05, 0.1) is 6.42 Å². The molecule has 80 valence electrons. The zero-order valence-corrected chi connectivity index (χ0v) is 8.62. The topological polar surface area (TPSA) is 64.3 Å². The minimum atomic E-state index is 0.0120. The molecule has 1 aliphatic heterocycles. The van der Waals surface area contributed by atoms with E-state index < -0.39 is 0 Å². The molecule has 4 heteroatoms. The molecule has 3 N–H and O–H groups in total. The van der Waals surface area contributed by atoms with Crippen molar-refractivity contribution in [3.8, 4) is 5.75 Å². The molecule has 4 nitrogen and oxygen atoms in total. The Morgan fingerprint density at radius 2 is 2.40 bits per heavy atom. The second kappa shape index (κ2) is 3.90. The minimum Gasteiger partial charge on any atom is -0.492 e. The normalized spacial score (nSPS) is 15.7. The van der Waals surface area contributed by atoms with E-state index in [0.29, 0.717) is 13.0 Å². The summed E-state index contributed by atoms with van der Waals surface area (Å²) in [7, 11) is 0. The van der Waals surface area contributed by atoms with Gasteiger partial charge in [0.1, 0.15) is 12.4 Å². The van der Waals surface area contributed by atoms with Gasteiger partial charge in [0.25, 0.3) is 0 Å². The van der Waals surface area contributed by atoms with Gasteiger partial charge in [-0.1, -0.05) is 0 Å². The number of hydrogen-bond donors (Lipinski definition) is 2. The van der Waals surface area contributed by atoms with Crippen LogP contribution in [0.15, 0.2) is 18.2 Å². The number of nitrogens with two attached hydrogens (primary N) is 1. The Labute approximate surface area is 88.4 Å². The van der Waals surface area contributed by atoms with E-state index in [0.717, 1.165) is 17.0 Å². The van der Waals surface area contributed by atoms with Crippen LogP contribution in [0.1, 0.15) is 12.5 Å². The Morgan fingerprint density at radius 1 is 1.60 bits per heavy atom. The van der Waals surface area contributed by atoms with E-state index in [2.05, 4.69) is 5.32 Å². The van der Waals surface area contributed by atoms with Gasteiger partial charge >= 0.3 is 0 Å². The van der Waals surface area contributed by atoms with E-state index in [1.54, 1.807) is 0 Å². The fourth-order valence-corrected chi connectivity index (χ4v) is 1.52. The molecule has 0 saturated heterocycles. The first-order valence-electron chi connectivity index (χ1n) is 4.96. The van der Waals surface area contributed by atoms with Gasteiger partial charge in [-0.25, -0.2) is 0 Å². The van der Waals surface area contributed by atoms with Crippen LogP contribution >= 0.6 is 0 Å². The maximum atomic E-state index is 11.1. The molecule has 1 atom stereocenters. The van der Waals surface area contributed by atoms with Crippen molar-refractivity contribution in [2.75, 3.05) is 11.9 Å². The number of fused-ring (bicyclic) bond motifs is 1.